The van der Waals surface area contributed by atoms with E-state index < -0.39 is 12.1 Å². The fraction of sp³-hybridized carbons (Fsp3) is 0.979. The number of carbonyl (C=O) groups is 1. The third-order valence-electron chi connectivity index (χ3n) is 11.4. The molecule has 0 radical (unpaired) electrons. The molecule has 4 nitrogen and oxygen atoms in total. The van der Waals surface area contributed by atoms with Crippen molar-refractivity contribution in [3.8, 4) is 0 Å². The van der Waals surface area contributed by atoms with Gasteiger partial charge in [0.15, 0.2) is 0 Å². The Hall–Kier alpha value is -0.610. The zero-order chi connectivity index (χ0) is 37.1. The molecule has 0 heterocycles. The number of aliphatic hydroxyl groups excluding tert-OH is 2. The second kappa shape index (κ2) is 43.8. The highest BCUT2D eigenvalue weighted by molar-refractivity contribution is 5.76. The Morgan fingerprint density at radius 1 is 0.392 bits per heavy atom. The molecular formula is C47H95NO3. The average Bonchev–Trinajstić information content (AvgIpc) is 3.13. The Balaban J connectivity index is 3.33. The van der Waals surface area contributed by atoms with Crippen LogP contribution in [0.15, 0.2) is 0 Å². The van der Waals surface area contributed by atoms with Crippen LogP contribution >= 0.6 is 0 Å². The van der Waals surface area contributed by atoms with Crippen molar-refractivity contribution in [2.24, 2.45) is 0 Å². The minimum absolute atomic E-state index is 0.0274. The van der Waals surface area contributed by atoms with Gasteiger partial charge >= 0.3 is 0 Å². The van der Waals surface area contributed by atoms with E-state index in [1.165, 1.54) is 225 Å². The zero-order valence-corrected chi connectivity index (χ0v) is 35.2. The summed E-state index contributed by atoms with van der Waals surface area (Å²) in [6, 6.07) is -0.528. The lowest BCUT2D eigenvalue weighted by Gasteiger charge is -2.22. The van der Waals surface area contributed by atoms with Gasteiger partial charge in [-0.05, 0) is 12.8 Å². The van der Waals surface area contributed by atoms with Crippen molar-refractivity contribution >= 4 is 5.91 Å². The molecule has 0 aliphatic heterocycles. The third-order valence-corrected chi connectivity index (χ3v) is 11.4. The van der Waals surface area contributed by atoms with Gasteiger partial charge in [0, 0.05) is 6.42 Å². The van der Waals surface area contributed by atoms with E-state index in [9.17, 15) is 15.0 Å². The molecule has 0 aliphatic rings. The Kier molecular flexibility index (Phi) is 43.3. The largest absolute Gasteiger partial charge is 0.394 e. The van der Waals surface area contributed by atoms with E-state index >= 15 is 0 Å². The highest BCUT2D eigenvalue weighted by Gasteiger charge is 2.20. The summed E-state index contributed by atoms with van der Waals surface area (Å²) in [4.78, 5) is 12.4. The molecule has 1 amide bonds. The van der Waals surface area contributed by atoms with Gasteiger partial charge in [-0.3, -0.25) is 4.79 Å². The van der Waals surface area contributed by atoms with Gasteiger partial charge in [0.1, 0.15) is 0 Å². The summed E-state index contributed by atoms with van der Waals surface area (Å²) in [5.74, 6) is -0.0274. The second-order valence-electron chi connectivity index (χ2n) is 16.5. The number of aliphatic hydroxyl groups is 2. The smallest absolute Gasteiger partial charge is 0.220 e. The van der Waals surface area contributed by atoms with Crippen molar-refractivity contribution < 1.29 is 15.0 Å². The molecule has 306 valence electrons. The van der Waals surface area contributed by atoms with Crippen LogP contribution in [0.25, 0.3) is 0 Å². The summed E-state index contributed by atoms with van der Waals surface area (Å²) in [5, 5.41) is 23.0. The van der Waals surface area contributed by atoms with Crippen LogP contribution in [0.4, 0.5) is 0 Å². The van der Waals surface area contributed by atoms with Gasteiger partial charge in [0.05, 0.1) is 18.8 Å². The van der Waals surface area contributed by atoms with E-state index in [4.69, 9.17) is 0 Å². The number of unbranched alkanes of at least 4 members (excludes halogenated alkanes) is 37. The van der Waals surface area contributed by atoms with E-state index in [2.05, 4.69) is 19.2 Å². The molecule has 3 N–H and O–H groups in total. The molecule has 0 spiro atoms. The maximum absolute atomic E-state index is 12.4. The first-order chi connectivity index (χ1) is 25.2. The summed E-state index contributed by atoms with van der Waals surface area (Å²) in [6.45, 7) is 4.36. The molecule has 0 saturated heterocycles. The van der Waals surface area contributed by atoms with Gasteiger partial charge in [-0.15, -0.1) is 0 Å². The van der Waals surface area contributed by atoms with Crippen molar-refractivity contribution in [2.45, 2.75) is 289 Å². The minimum atomic E-state index is -0.651. The molecule has 2 atom stereocenters. The molecule has 0 aromatic carbocycles. The van der Waals surface area contributed by atoms with E-state index in [0.717, 1.165) is 25.7 Å². The first kappa shape index (κ1) is 50.4. The summed E-state index contributed by atoms with van der Waals surface area (Å²) < 4.78 is 0. The highest BCUT2D eigenvalue weighted by atomic mass is 16.3. The molecular weight excluding hydrogens is 627 g/mol. The van der Waals surface area contributed by atoms with E-state index in [0.29, 0.717) is 12.8 Å². The van der Waals surface area contributed by atoms with Gasteiger partial charge in [-0.25, -0.2) is 0 Å². The maximum Gasteiger partial charge on any atom is 0.220 e. The number of nitrogens with one attached hydrogen (secondary N) is 1. The Labute approximate surface area is 321 Å². The first-order valence-electron chi connectivity index (χ1n) is 23.7. The van der Waals surface area contributed by atoms with Crippen LogP contribution in [0.5, 0.6) is 0 Å². The van der Waals surface area contributed by atoms with Crippen LogP contribution in [0.1, 0.15) is 277 Å². The van der Waals surface area contributed by atoms with Crippen molar-refractivity contribution in [2.75, 3.05) is 6.61 Å². The molecule has 0 aromatic rings. The van der Waals surface area contributed by atoms with Gasteiger partial charge < -0.3 is 15.5 Å². The van der Waals surface area contributed by atoms with Gasteiger partial charge in [0.2, 0.25) is 5.91 Å². The van der Waals surface area contributed by atoms with Gasteiger partial charge in [-0.2, -0.15) is 0 Å². The van der Waals surface area contributed by atoms with Crippen LogP contribution in [0, 0.1) is 0 Å². The Morgan fingerprint density at radius 3 is 0.882 bits per heavy atom. The van der Waals surface area contributed by atoms with Gasteiger partial charge in [-0.1, -0.05) is 258 Å². The molecule has 0 bridgehead atoms. The first-order valence-corrected chi connectivity index (χ1v) is 23.7. The quantitative estimate of drug-likeness (QED) is 0.0549. The SMILES string of the molecule is CCCCCCCCCCCCCCCCCCCCCCCCCCCCCCCCC(=O)N[C@@H](CO)[C@H](O)CCCCCCCCCCC. The standard InChI is InChI=1S/C47H95NO3/c1-3-5-7-9-11-13-14-15-16-17-18-19-20-21-22-23-24-25-26-27-28-29-30-31-32-33-35-37-39-41-43-47(51)48-45(44-49)46(50)42-40-38-36-34-12-10-8-6-4-2/h45-46,49-50H,3-44H2,1-2H3,(H,48,51)/t45-,46+/m0/s1. The molecule has 4 heteroatoms. The lowest BCUT2D eigenvalue weighted by Crippen LogP contribution is -2.45. The predicted octanol–water partition coefficient (Wildman–Crippen LogP) is 14.9. The summed E-state index contributed by atoms with van der Waals surface area (Å²) in [7, 11) is 0. The highest BCUT2D eigenvalue weighted by Crippen LogP contribution is 2.17. The van der Waals surface area contributed by atoms with Crippen molar-refractivity contribution in [3.63, 3.8) is 0 Å². The molecule has 0 unspecified atom stereocenters. The lowest BCUT2D eigenvalue weighted by atomic mass is 10.0. The lowest BCUT2D eigenvalue weighted by molar-refractivity contribution is -0.123. The van der Waals surface area contributed by atoms with Crippen molar-refractivity contribution in [1.29, 1.82) is 0 Å². The molecule has 0 aromatic heterocycles. The molecule has 0 fully saturated rings. The second-order valence-corrected chi connectivity index (χ2v) is 16.5. The fourth-order valence-corrected chi connectivity index (χ4v) is 7.72. The summed E-state index contributed by atoms with van der Waals surface area (Å²) in [6.07, 6.45) is 53.6. The Morgan fingerprint density at radius 2 is 0.627 bits per heavy atom. The fourth-order valence-electron chi connectivity index (χ4n) is 7.72. The van der Waals surface area contributed by atoms with Crippen molar-refractivity contribution in [3.05, 3.63) is 0 Å². The number of hydrogen-bond donors (Lipinski definition) is 3. The number of carbonyl (C=O) groups excluding carboxylic acids is 1. The maximum atomic E-state index is 12.4. The van der Waals surface area contributed by atoms with Crippen LogP contribution in [0.2, 0.25) is 0 Å². The number of rotatable bonds is 44. The van der Waals surface area contributed by atoms with E-state index in [1.807, 2.05) is 0 Å². The third kappa shape index (κ3) is 40.4. The molecule has 51 heavy (non-hydrogen) atoms. The Bertz CT molecular complexity index is 655. The van der Waals surface area contributed by atoms with Crippen LogP contribution in [0.3, 0.4) is 0 Å². The predicted molar refractivity (Wildman–Crippen MR) is 226 cm³/mol. The van der Waals surface area contributed by atoms with E-state index in [1.54, 1.807) is 0 Å². The summed E-state index contributed by atoms with van der Waals surface area (Å²) >= 11 is 0. The summed E-state index contributed by atoms with van der Waals surface area (Å²) in [5.41, 5.74) is 0. The van der Waals surface area contributed by atoms with Crippen molar-refractivity contribution in [1.82, 2.24) is 5.32 Å². The van der Waals surface area contributed by atoms with Crippen LogP contribution < -0.4 is 5.32 Å². The van der Waals surface area contributed by atoms with Crippen LogP contribution in [-0.2, 0) is 4.79 Å². The monoisotopic (exact) mass is 722 g/mol. The van der Waals surface area contributed by atoms with Gasteiger partial charge in [0.25, 0.3) is 0 Å². The number of hydrogen-bond acceptors (Lipinski definition) is 3. The minimum Gasteiger partial charge on any atom is -0.394 e. The zero-order valence-electron chi connectivity index (χ0n) is 35.2. The molecule has 0 rings (SSSR count). The van der Waals surface area contributed by atoms with Crippen LogP contribution in [-0.4, -0.2) is 34.9 Å². The number of amides is 1. The average molecular weight is 722 g/mol. The van der Waals surface area contributed by atoms with E-state index in [-0.39, 0.29) is 12.5 Å². The molecule has 0 aliphatic carbocycles. The topological polar surface area (TPSA) is 69.6 Å². The molecule has 0 saturated carbocycles. The normalized spacial score (nSPS) is 12.8.